The Morgan fingerprint density at radius 2 is 1.65 bits per heavy atom. The van der Waals surface area contributed by atoms with Gasteiger partial charge in [0.05, 0.1) is 21.3 Å². The zero-order valence-corrected chi connectivity index (χ0v) is 13.5. The van der Waals surface area contributed by atoms with Crippen molar-refractivity contribution in [2.45, 2.75) is 12.8 Å². The summed E-state index contributed by atoms with van der Waals surface area (Å²) >= 11 is 0. The predicted molar refractivity (Wildman–Crippen MR) is 86.9 cm³/mol. The van der Waals surface area contributed by atoms with Crippen LogP contribution in [0.15, 0.2) is 36.4 Å². The topological polar surface area (TPSA) is 65.0 Å². The third-order valence-electron chi connectivity index (χ3n) is 3.61. The van der Waals surface area contributed by atoms with Gasteiger partial charge in [0.1, 0.15) is 5.75 Å². The first-order valence-electron chi connectivity index (χ1n) is 7.21. The quantitative estimate of drug-likeness (QED) is 0.794. The van der Waals surface area contributed by atoms with Gasteiger partial charge in [-0.15, -0.1) is 0 Å². The number of rotatable bonds is 7. The first-order chi connectivity index (χ1) is 11.1. The van der Waals surface area contributed by atoms with E-state index in [-0.39, 0.29) is 18.0 Å². The zero-order chi connectivity index (χ0) is 16.8. The van der Waals surface area contributed by atoms with Crippen LogP contribution in [0.5, 0.6) is 23.0 Å². The molecule has 2 rings (SSSR count). The standard InChI is InChI=1S/C18H20O5/c1-21-16-11-15(20)13(17(22-2)18(16)23-3)9-10-14(19)12-7-5-4-6-8-12/h4-8,11,20H,9-10H2,1-3H3. The summed E-state index contributed by atoms with van der Waals surface area (Å²) in [4.78, 5) is 12.2. The van der Waals surface area contributed by atoms with E-state index >= 15 is 0 Å². The zero-order valence-electron chi connectivity index (χ0n) is 13.5. The van der Waals surface area contributed by atoms with Crippen LogP contribution in [-0.2, 0) is 6.42 Å². The lowest BCUT2D eigenvalue weighted by atomic mass is 10.0. The van der Waals surface area contributed by atoms with Gasteiger partial charge in [-0.1, -0.05) is 30.3 Å². The first-order valence-corrected chi connectivity index (χ1v) is 7.21. The second-order valence-electron chi connectivity index (χ2n) is 4.93. The molecule has 0 heterocycles. The third-order valence-corrected chi connectivity index (χ3v) is 3.61. The number of ketones is 1. The van der Waals surface area contributed by atoms with Gasteiger partial charge in [0.2, 0.25) is 5.75 Å². The molecule has 5 nitrogen and oxygen atoms in total. The molecule has 0 aliphatic heterocycles. The van der Waals surface area contributed by atoms with E-state index in [0.29, 0.717) is 34.8 Å². The van der Waals surface area contributed by atoms with Crippen molar-refractivity contribution in [3.8, 4) is 23.0 Å². The Labute approximate surface area is 135 Å². The molecular weight excluding hydrogens is 296 g/mol. The van der Waals surface area contributed by atoms with Crippen LogP contribution in [0.4, 0.5) is 0 Å². The Morgan fingerprint density at radius 1 is 1.00 bits per heavy atom. The summed E-state index contributed by atoms with van der Waals surface area (Å²) in [5, 5.41) is 10.2. The molecule has 0 radical (unpaired) electrons. The lowest BCUT2D eigenvalue weighted by molar-refractivity contribution is 0.0982. The first kappa shape index (κ1) is 16.7. The van der Waals surface area contributed by atoms with E-state index in [0.717, 1.165) is 0 Å². The molecule has 2 aromatic carbocycles. The normalized spacial score (nSPS) is 10.2. The number of phenolic OH excluding ortho intramolecular Hbond substituents is 1. The van der Waals surface area contributed by atoms with E-state index in [1.165, 1.54) is 27.4 Å². The van der Waals surface area contributed by atoms with Crippen molar-refractivity contribution >= 4 is 5.78 Å². The van der Waals surface area contributed by atoms with Crippen LogP contribution in [0.2, 0.25) is 0 Å². The number of hydrogen-bond donors (Lipinski definition) is 1. The average Bonchev–Trinajstić information content (AvgIpc) is 2.59. The van der Waals surface area contributed by atoms with Gasteiger partial charge >= 0.3 is 0 Å². The number of carbonyl (C=O) groups excluding carboxylic acids is 1. The molecule has 0 atom stereocenters. The fraction of sp³-hybridized carbons (Fsp3) is 0.278. The van der Waals surface area contributed by atoms with Crippen molar-refractivity contribution in [2.75, 3.05) is 21.3 Å². The summed E-state index contributed by atoms with van der Waals surface area (Å²) < 4.78 is 15.8. The molecule has 0 aromatic heterocycles. The van der Waals surface area contributed by atoms with E-state index in [9.17, 15) is 9.90 Å². The Bertz CT molecular complexity index is 680. The van der Waals surface area contributed by atoms with E-state index in [1.54, 1.807) is 12.1 Å². The number of phenols is 1. The molecule has 0 fully saturated rings. The van der Waals surface area contributed by atoms with Crippen LogP contribution in [0.1, 0.15) is 22.3 Å². The second kappa shape index (κ2) is 7.54. The molecule has 0 bridgehead atoms. The van der Waals surface area contributed by atoms with Gasteiger partial charge in [-0.3, -0.25) is 4.79 Å². The number of hydrogen-bond acceptors (Lipinski definition) is 5. The van der Waals surface area contributed by atoms with E-state index in [1.807, 2.05) is 18.2 Å². The Morgan fingerprint density at radius 3 is 2.22 bits per heavy atom. The summed E-state index contributed by atoms with van der Waals surface area (Å²) in [5.41, 5.74) is 1.17. The van der Waals surface area contributed by atoms with Crippen molar-refractivity contribution in [3.63, 3.8) is 0 Å². The minimum Gasteiger partial charge on any atom is -0.507 e. The molecule has 1 N–H and O–H groups in total. The molecular formula is C18H20O5. The molecule has 23 heavy (non-hydrogen) atoms. The van der Waals surface area contributed by atoms with Crippen LogP contribution in [0.25, 0.3) is 0 Å². The minimum atomic E-state index is 0.00170. The summed E-state index contributed by atoms with van der Waals surface area (Å²) in [6, 6.07) is 10.5. The highest BCUT2D eigenvalue weighted by Crippen LogP contribution is 2.45. The highest BCUT2D eigenvalue weighted by Gasteiger charge is 2.21. The Kier molecular flexibility index (Phi) is 5.46. The fourth-order valence-electron chi connectivity index (χ4n) is 2.45. The van der Waals surface area contributed by atoms with E-state index in [4.69, 9.17) is 14.2 Å². The number of benzene rings is 2. The highest BCUT2D eigenvalue weighted by molar-refractivity contribution is 5.96. The summed E-state index contributed by atoms with van der Waals surface area (Å²) in [6.45, 7) is 0. The lowest BCUT2D eigenvalue weighted by Gasteiger charge is -2.17. The van der Waals surface area contributed by atoms with E-state index < -0.39 is 0 Å². The largest absolute Gasteiger partial charge is 0.507 e. The van der Waals surface area contributed by atoms with Crippen molar-refractivity contribution in [1.29, 1.82) is 0 Å². The van der Waals surface area contributed by atoms with Gasteiger partial charge in [-0.05, 0) is 6.42 Å². The minimum absolute atomic E-state index is 0.00170. The van der Waals surface area contributed by atoms with Gasteiger partial charge in [0, 0.05) is 23.6 Å². The molecule has 0 spiro atoms. The molecule has 0 aliphatic rings. The van der Waals surface area contributed by atoms with Crippen molar-refractivity contribution < 1.29 is 24.1 Å². The monoisotopic (exact) mass is 316 g/mol. The number of aromatic hydroxyl groups is 1. The molecule has 0 unspecified atom stereocenters. The Balaban J connectivity index is 2.27. The van der Waals surface area contributed by atoms with Gasteiger partial charge in [0.15, 0.2) is 17.3 Å². The molecule has 0 saturated carbocycles. The SMILES string of the molecule is COc1cc(O)c(CCC(=O)c2ccccc2)c(OC)c1OC. The van der Waals surface area contributed by atoms with Gasteiger partial charge in [-0.25, -0.2) is 0 Å². The second-order valence-corrected chi connectivity index (χ2v) is 4.93. The fourth-order valence-corrected chi connectivity index (χ4v) is 2.45. The van der Waals surface area contributed by atoms with Gasteiger partial charge in [0.25, 0.3) is 0 Å². The van der Waals surface area contributed by atoms with Crippen LogP contribution in [0.3, 0.4) is 0 Å². The van der Waals surface area contributed by atoms with Crippen molar-refractivity contribution in [2.24, 2.45) is 0 Å². The Hall–Kier alpha value is -2.69. The molecule has 0 saturated heterocycles. The van der Waals surface area contributed by atoms with Crippen LogP contribution in [0, 0.1) is 0 Å². The molecule has 0 aliphatic carbocycles. The average molecular weight is 316 g/mol. The highest BCUT2D eigenvalue weighted by atomic mass is 16.5. The molecule has 0 amide bonds. The molecule has 2 aromatic rings. The smallest absolute Gasteiger partial charge is 0.203 e. The number of ether oxygens (including phenoxy) is 3. The summed E-state index contributed by atoms with van der Waals surface area (Å²) in [5.74, 6) is 1.17. The molecule has 5 heteroatoms. The third kappa shape index (κ3) is 3.56. The van der Waals surface area contributed by atoms with E-state index in [2.05, 4.69) is 0 Å². The molecule has 122 valence electrons. The van der Waals surface area contributed by atoms with Gasteiger partial charge < -0.3 is 19.3 Å². The van der Waals surface area contributed by atoms with Crippen molar-refractivity contribution in [3.05, 3.63) is 47.5 Å². The number of Topliss-reactive ketones (excluding diaryl/α,β-unsaturated/α-hetero) is 1. The van der Waals surface area contributed by atoms with Crippen LogP contribution in [-0.4, -0.2) is 32.2 Å². The number of methoxy groups -OCH3 is 3. The van der Waals surface area contributed by atoms with Crippen LogP contribution < -0.4 is 14.2 Å². The summed E-state index contributed by atoms with van der Waals surface area (Å²) in [7, 11) is 4.46. The van der Waals surface area contributed by atoms with Crippen molar-refractivity contribution in [1.82, 2.24) is 0 Å². The maximum atomic E-state index is 12.2. The maximum absolute atomic E-state index is 12.2. The van der Waals surface area contributed by atoms with Gasteiger partial charge in [-0.2, -0.15) is 0 Å². The number of carbonyl (C=O) groups is 1. The maximum Gasteiger partial charge on any atom is 0.203 e. The predicted octanol–water partition coefficient (Wildman–Crippen LogP) is 3.23. The van der Waals surface area contributed by atoms with Crippen LogP contribution >= 0.6 is 0 Å². The summed E-state index contributed by atoms with van der Waals surface area (Å²) in [6.07, 6.45) is 0.590. The lowest BCUT2D eigenvalue weighted by Crippen LogP contribution is -2.04.